The van der Waals surface area contributed by atoms with E-state index in [1.807, 2.05) is 12.3 Å². The van der Waals surface area contributed by atoms with Crippen molar-refractivity contribution in [3.05, 3.63) is 36.8 Å². The van der Waals surface area contributed by atoms with Gasteiger partial charge in [-0.05, 0) is 31.8 Å². The Morgan fingerprint density at radius 2 is 1.93 bits per heavy atom. The molecule has 0 atom stereocenters. The molecule has 0 aromatic rings. The zero-order valence-corrected chi connectivity index (χ0v) is 8.63. The highest BCUT2D eigenvalue weighted by Crippen LogP contribution is 2.05. The summed E-state index contributed by atoms with van der Waals surface area (Å²) in [5.74, 6) is 0.667. The van der Waals surface area contributed by atoms with E-state index in [1.54, 1.807) is 0 Å². The van der Waals surface area contributed by atoms with Crippen LogP contribution in [0.15, 0.2) is 41.8 Å². The molecule has 76 valence electrons. The van der Waals surface area contributed by atoms with Crippen LogP contribution in [0.3, 0.4) is 0 Å². The zero-order valence-electron chi connectivity index (χ0n) is 8.63. The molecule has 2 nitrogen and oxygen atoms in total. The summed E-state index contributed by atoms with van der Waals surface area (Å²) in [6.07, 6.45) is 12.0. The third kappa shape index (κ3) is 4.65. The first-order valence-corrected chi connectivity index (χ1v) is 5.13. The van der Waals surface area contributed by atoms with Crippen LogP contribution in [-0.2, 0) is 0 Å². The molecular formula is C12H18N2. The normalized spacial score (nSPS) is 22.0. The molecule has 0 unspecified atom stereocenters. The Kier molecular flexibility index (Phi) is 4.76. The number of nitrogens with one attached hydrogen (secondary N) is 1. The quantitative estimate of drug-likeness (QED) is 0.623. The van der Waals surface area contributed by atoms with Crippen molar-refractivity contribution >= 4 is 6.21 Å². The molecule has 1 heterocycles. The zero-order chi connectivity index (χ0) is 10.2. The predicted molar refractivity (Wildman–Crippen MR) is 62.1 cm³/mol. The third-order valence-electron chi connectivity index (χ3n) is 2.08. The molecule has 0 saturated carbocycles. The Morgan fingerprint density at radius 1 is 1.14 bits per heavy atom. The summed E-state index contributed by atoms with van der Waals surface area (Å²) in [5, 5.41) is 3.02. The molecule has 1 N–H and O–H groups in total. The van der Waals surface area contributed by atoms with E-state index < -0.39 is 0 Å². The maximum atomic E-state index is 4.18. The van der Waals surface area contributed by atoms with Gasteiger partial charge in [-0.15, -0.1) is 0 Å². The van der Waals surface area contributed by atoms with E-state index in [1.165, 1.54) is 19.3 Å². The number of hydrogen-bond donors (Lipinski definition) is 1. The Bertz CT molecular complexity index is 235. The van der Waals surface area contributed by atoms with Crippen LogP contribution in [0.1, 0.15) is 32.1 Å². The van der Waals surface area contributed by atoms with Gasteiger partial charge < -0.3 is 5.32 Å². The summed E-state index contributed by atoms with van der Waals surface area (Å²) in [7, 11) is 0. The molecular weight excluding hydrogens is 172 g/mol. The minimum atomic E-state index is 0.667. The second-order valence-electron chi connectivity index (χ2n) is 3.45. The standard InChI is InChI=1S/C12H18N2/c1-11-9-7-5-3-4-6-8-10-13-12(2)14-11/h7,9-10,14H,1-6,8H2/b9-7-,13-10?. The fourth-order valence-electron chi connectivity index (χ4n) is 1.33. The van der Waals surface area contributed by atoms with Crippen molar-refractivity contribution in [2.75, 3.05) is 0 Å². The maximum Gasteiger partial charge on any atom is 0.122 e. The van der Waals surface area contributed by atoms with Gasteiger partial charge in [0.1, 0.15) is 5.82 Å². The number of allylic oxidation sites excluding steroid dienone is 2. The van der Waals surface area contributed by atoms with Crippen LogP contribution in [0.2, 0.25) is 0 Å². The predicted octanol–water partition coefficient (Wildman–Crippen LogP) is 3.15. The van der Waals surface area contributed by atoms with Crippen molar-refractivity contribution in [3.63, 3.8) is 0 Å². The van der Waals surface area contributed by atoms with Crippen LogP contribution in [0, 0.1) is 0 Å². The van der Waals surface area contributed by atoms with Gasteiger partial charge in [0, 0.05) is 11.9 Å². The number of aliphatic imine (C=N–C) groups is 1. The summed E-state index contributed by atoms with van der Waals surface area (Å²) in [5.41, 5.74) is 0.854. The lowest BCUT2D eigenvalue weighted by molar-refractivity contribution is 0.707. The molecule has 0 aromatic heterocycles. The Morgan fingerprint density at radius 3 is 2.79 bits per heavy atom. The van der Waals surface area contributed by atoms with E-state index >= 15 is 0 Å². The first-order valence-electron chi connectivity index (χ1n) is 5.13. The summed E-state index contributed by atoms with van der Waals surface area (Å²) in [4.78, 5) is 4.18. The van der Waals surface area contributed by atoms with Crippen LogP contribution in [0.25, 0.3) is 0 Å². The molecule has 0 amide bonds. The van der Waals surface area contributed by atoms with Gasteiger partial charge in [0.25, 0.3) is 0 Å². The first kappa shape index (κ1) is 10.8. The molecule has 0 saturated heterocycles. The lowest BCUT2D eigenvalue weighted by atomic mass is 10.1. The Balaban J connectivity index is 2.51. The van der Waals surface area contributed by atoms with E-state index in [-0.39, 0.29) is 0 Å². The van der Waals surface area contributed by atoms with Crippen LogP contribution in [0.5, 0.6) is 0 Å². The molecule has 1 aliphatic rings. The fourth-order valence-corrected chi connectivity index (χ4v) is 1.33. The molecule has 1 rings (SSSR count). The molecule has 0 fully saturated rings. The lowest BCUT2D eigenvalue weighted by Gasteiger charge is -2.05. The van der Waals surface area contributed by atoms with Gasteiger partial charge in [-0.2, -0.15) is 0 Å². The molecule has 14 heavy (non-hydrogen) atoms. The average Bonchev–Trinajstić information content (AvgIpc) is 2.13. The van der Waals surface area contributed by atoms with Crippen LogP contribution in [-0.4, -0.2) is 6.21 Å². The lowest BCUT2D eigenvalue weighted by Crippen LogP contribution is -2.07. The third-order valence-corrected chi connectivity index (χ3v) is 2.08. The highest BCUT2D eigenvalue weighted by molar-refractivity contribution is 5.58. The van der Waals surface area contributed by atoms with Crippen LogP contribution >= 0.6 is 0 Å². The van der Waals surface area contributed by atoms with Crippen molar-refractivity contribution in [1.82, 2.24) is 5.32 Å². The highest BCUT2D eigenvalue weighted by Gasteiger charge is 1.92. The van der Waals surface area contributed by atoms with Crippen molar-refractivity contribution < 1.29 is 0 Å². The van der Waals surface area contributed by atoms with Crippen molar-refractivity contribution in [2.24, 2.45) is 4.99 Å². The number of rotatable bonds is 0. The summed E-state index contributed by atoms with van der Waals surface area (Å²) in [6, 6.07) is 0. The van der Waals surface area contributed by atoms with E-state index in [0.29, 0.717) is 5.82 Å². The largest absolute Gasteiger partial charge is 0.341 e. The average molecular weight is 190 g/mol. The van der Waals surface area contributed by atoms with Crippen molar-refractivity contribution in [3.8, 4) is 0 Å². The topological polar surface area (TPSA) is 24.4 Å². The molecule has 0 spiro atoms. The summed E-state index contributed by atoms with van der Waals surface area (Å²) >= 11 is 0. The van der Waals surface area contributed by atoms with Gasteiger partial charge in [-0.25, -0.2) is 4.99 Å². The Hall–Kier alpha value is -1.31. The van der Waals surface area contributed by atoms with E-state index in [4.69, 9.17) is 0 Å². The molecule has 0 bridgehead atoms. The minimum absolute atomic E-state index is 0.667. The Labute approximate surface area is 86.1 Å². The van der Waals surface area contributed by atoms with E-state index in [9.17, 15) is 0 Å². The van der Waals surface area contributed by atoms with Crippen molar-refractivity contribution in [2.45, 2.75) is 32.1 Å². The SMILES string of the molecule is C=C1/C=C\CCCCCC=NC(=C)N1. The van der Waals surface area contributed by atoms with Crippen LogP contribution < -0.4 is 5.32 Å². The minimum Gasteiger partial charge on any atom is -0.341 e. The van der Waals surface area contributed by atoms with Crippen LogP contribution in [0.4, 0.5) is 0 Å². The highest BCUT2D eigenvalue weighted by atomic mass is 15.0. The van der Waals surface area contributed by atoms with Crippen molar-refractivity contribution in [1.29, 1.82) is 0 Å². The van der Waals surface area contributed by atoms with Gasteiger partial charge in [-0.1, -0.05) is 25.7 Å². The molecule has 0 radical (unpaired) electrons. The molecule has 0 aromatic carbocycles. The summed E-state index contributed by atoms with van der Waals surface area (Å²) < 4.78 is 0. The van der Waals surface area contributed by atoms with Gasteiger partial charge in [-0.3, -0.25) is 0 Å². The van der Waals surface area contributed by atoms with Gasteiger partial charge in [0.2, 0.25) is 0 Å². The number of nitrogens with zero attached hydrogens (tertiary/aromatic N) is 1. The smallest absolute Gasteiger partial charge is 0.122 e. The molecule has 1 aliphatic heterocycles. The molecule has 2 heteroatoms. The summed E-state index contributed by atoms with van der Waals surface area (Å²) in [6.45, 7) is 7.65. The first-order chi connectivity index (χ1) is 6.79. The second kappa shape index (κ2) is 6.19. The second-order valence-corrected chi connectivity index (χ2v) is 3.45. The van der Waals surface area contributed by atoms with Gasteiger partial charge >= 0.3 is 0 Å². The monoisotopic (exact) mass is 190 g/mol. The fraction of sp³-hybridized carbons (Fsp3) is 0.417. The van der Waals surface area contributed by atoms with E-state index in [0.717, 1.165) is 18.5 Å². The van der Waals surface area contributed by atoms with Gasteiger partial charge in [0.15, 0.2) is 0 Å². The van der Waals surface area contributed by atoms with E-state index in [2.05, 4.69) is 29.5 Å². The van der Waals surface area contributed by atoms with Gasteiger partial charge in [0.05, 0.1) is 0 Å². The number of hydrogen-bond acceptors (Lipinski definition) is 2. The maximum absolute atomic E-state index is 4.18. The molecule has 0 aliphatic carbocycles.